The normalized spacial score (nSPS) is 20.8. The Morgan fingerprint density at radius 2 is 2.32 bits per heavy atom. The number of hydrogen-bond donors (Lipinski definition) is 2. The van der Waals surface area contributed by atoms with Crippen molar-refractivity contribution in [3.63, 3.8) is 0 Å². The molecule has 0 spiro atoms. The molecule has 0 bridgehead atoms. The molecule has 1 saturated heterocycles. The van der Waals surface area contributed by atoms with Crippen LogP contribution in [-0.2, 0) is 9.53 Å². The second-order valence-corrected chi connectivity index (χ2v) is 5.48. The van der Waals surface area contributed by atoms with E-state index in [0.29, 0.717) is 18.8 Å². The Hall–Kier alpha value is -1.40. The predicted molar refractivity (Wildman–Crippen MR) is 71.5 cm³/mol. The van der Waals surface area contributed by atoms with Crippen LogP contribution in [0.3, 0.4) is 0 Å². The monoisotopic (exact) mass is 283 g/mol. The van der Waals surface area contributed by atoms with Crippen LogP contribution in [0.5, 0.6) is 0 Å². The molecular weight excluding hydrogens is 266 g/mol. The molecular formula is C13H17NO4S. The van der Waals surface area contributed by atoms with Gasteiger partial charge >= 0.3 is 5.97 Å². The molecule has 1 aliphatic rings. The zero-order valence-corrected chi connectivity index (χ0v) is 11.5. The number of aryl methyl sites for hydroxylation is 1. The minimum absolute atomic E-state index is 0.158. The first kappa shape index (κ1) is 14.0. The summed E-state index contributed by atoms with van der Waals surface area (Å²) in [6.45, 7) is 2.89. The molecule has 0 radical (unpaired) electrons. The van der Waals surface area contributed by atoms with E-state index in [9.17, 15) is 14.7 Å². The van der Waals surface area contributed by atoms with Crippen LogP contribution in [0.2, 0.25) is 0 Å². The van der Waals surface area contributed by atoms with Gasteiger partial charge in [-0.1, -0.05) is 0 Å². The number of thiophene rings is 1. The third-order valence-electron chi connectivity index (χ3n) is 3.32. The van der Waals surface area contributed by atoms with Gasteiger partial charge in [-0.25, -0.2) is 4.79 Å². The highest BCUT2D eigenvalue weighted by Crippen LogP contribution is 2.19. The van der Waals surface area contributed by atoms with Crippen molar-refractivity contribution >= 4 is 23.2 Å². The van der Waals surface area contributed by atoms with Crippen molar-refractivity contribution in [1.29, 1.82) is 0 Å². The van der Waals surface area contributed by atoms with Crippen LogP contribution < -0.4 is 5.32 Å². The topological polar surface area (TPSA) is 75.6 Å². The van der Waals surface area contributed by atoms with E-state index in [0.717, 1.165) is 18.4 Å². The standard InChI is InChI=1S/C13H17NO4S/c1-8-6-19-7-10(8)12(15)14-11(13(16)17)9-3-2-4-18-5-9/h6-7,9,11H,2-5H2,1H3,(H,14,15)(H,16,17). The quantitative estimate of drug-likeness (QED) is 0.881. The SMILES string of the molecule is Cc1cscc1C(=O)NC(C(=O)O)C1CCCOC1. The molecule has 1 amide bonds. The summed E-state index contributed by atoms with van der Waals surface area (Å²) in [5, 5.41) is 15.5. The lowest BCUT2D eigenvalue weighted by Crippen LogP contribution is -2.48. The number of ether oxygens (including phenoxy) is 1. The maximum Gasteiger partial charge on any atom is 0.326 e. The lowest BCUT2D eigenvalue weighted by Gasteiger charge is -2.28. The van der Waals surface area contributed by atoms with Crippen molar-refractivity contribution in [3.8, 4) is 0 Å². The van der Waals surface area contributed by atoms with Gasteiger partial charge in [-0.3, -0.25) is 4.79 Å². The molecule has 5 nitrogen and oxygen atoms in total. The van der Waals surface area contributed by atoms with Crippen LogP contribution in [0, 0.1) is 12.8 Å². The molecule has 2 rings (SSSR count). The molecule has 1 aromatic heterocycles. The van der Waals surface area contributed by atoms with E-state index in [4.69, 9.17) is 4.74 Å². The first-order valence-electron chi connectivity index (χ1n) is 6.24. The van der Waals surface area contributed by atoms with Gasteiger partial charge in [0.25, 0.3) is 5.91 Å². The summed E-state index contributed by atoms with van der Waals surface area (Å²) in [4.78, 5) is 23.4. The Balaban J connectivity index is 2.06. The highest BCUT2D eigenvalue weighted by Gasteiger charge is 2.31. The van der Waals surface area contributed by atoms with Crippen LogP contribution in [0.15, 0.2) is 10.8 Å². The predicted octanol–water partition coefficient (Wildman–Crippen LogP) is 1.67. The molecule has 1 aliphatic heterocycles. The highest BCUT2D eigenvalue weighted by molar-refractivity contribution is 7.08. The second-order valence-electron chi connectivity index (χ2n) is 4.74. The van der Waals surface area contributed by atoms with Gasteiger partial charge in [0.2, 0.25) is 0 Å². The molecule has 2 heterocycles. The van der Waals surface area contributed by atoms with E-state index in [1.807, 2.05) is 12.3 Å². The molecule has 0 aromatic carbocycles. The van der Waals surface area contributed by atoms with E-state index in [1.165, 1.54) is 11.3 Å². The van der Waals surface area contributed by atoms with Gasteiger partial charge in [-0.05, 0) is 30.7 Å². The fourth-order valence-electron chi connectivity index (χ4n) is 2.22. The molecule has 6 heteroatoms. The van der Waals surface area contributed by atoms with Crippen molar-refractivity contribution in [2.45, 2.75) is 25.8 Å². The fraction of sp³-hybridized carbons (Fsp3) is 0.538. The first-order chi connectivity index (χ1) is 9.09. The Morgan fingerprint density at radius 1 is 1.53 bits per heavy atom. The minimum atomic E-state index is -1.00. The first-order valence-corrected chi connectivity index (χ1v) is 7.18. The van der Waals surface area contributed by atoms with Gasteiger partial charge in [-0.2, -0.15) is 11.3 Å². The van der Waals surface area contributed by atoms with Crippen molar-refractivity contribution in [2.75, 3.05) is 13.2 Å². The van der Waals surface area contributed by atoms with Gasteiger partial charge in [0.05, 0.1) is 12.2 Å². The summed E-state index contributed by atoms with van der Waals surface area (Å²) in [5.41, 5.74) is 1.42. The van der Waals surface area contributed by atoms with E-state index < -0.39 is 12.0 Å². The molecule has 0 saturated carbocycles. The minimum Gasteiger partial charge on any atom is -0.480 e. The maximum absolute atomic E-state index is 12.1. The zero-order valence-electron chi connectivity index (χ0n) is 10.7. The van der Waals surface area contributed by atoms with Gasteiger partial charge in [0, 0.05) is 17.9 Å². The molecule has 1 aromatic rings. The van der Waals surface area contributed by atoms with E-state index >= 15 is 0 Å². The Kier molecular flexibility index (Phi) is 4.55. The number of carbonyl (C=O) groups is 2. The molecule has 2 N–H and O–H groups in total. The highest BCUT2D eigenvalue weighted by atomic mass is 32.1. The van der Waals surface area contributed by atoms with Crippen molar-refractivity contribution in [2.24, 2.45) is 5.92 Å². The largest absolute Gasteiger partial charge is 0.480 e. The van der Waals surface area contributed by atoms with Crippen LogP contribution in [-0.4, -0.2) is 36.2 Å². The number of hydrogen-bond acceptors (Lipinski definition) is 4. The van der Waals surface area contributed by atoms with Crippen molar-refractivity contribution in [1.82, 2.24) is 5.32 Å². The number of rotatable bonds is 4. The third-order valence-corrected chi connectivity index (χ3v) is 4.18. The summed E-state index contributed by atoms with van der Waals surface area (Å²) in [6.07, 6.45) is 1.60. The Bertz CT molecular complexity index is 465. The lowest BCUT2D eigenvalue weighted by molar-refractivity contribution is -0.142. The van der Waals surface area contributed by atoms with Crippen LogP contribution in [0.25, 0.3) is 0 Å². The molecule has 2 atom stereocenters. The summed E-state index contributed by atoms with van der Waals surface area (Å²) < 4.78 is 5.30. The molecule has 19 heavy (non-hydrogen) atoms. The molecule has 1 fully saturated rings. The maximum atomic E-state index is 12.1. The van der Waals surface area contributed by atoms with Gasteiger partial charge in [0.15, 0.2) is 0 Å². The van der Waals surface area contributed by atoms with E-state index in [1.54, 1.807) is 5.38 Å². The summed E-state index contributed by atoms with van der Waals surface area (Å²) in [7, 11) is 0. The number of carboxylic acids is 1. The van der Waals surface area contributed by atoms with Crippen LogP contribution >= 0.6 is 11.3 Å². The van der Waals surface area contributed by atoms with Gasteiger partial charge < -0.3 is 15.2 Å². The smallest absolute Gasteiger partial charge is 0.326 e. The Morgan fingerprint density at radius 3 is 2.84 bits per heavy atom. The summed E-state index contributed by atoms with van der Waals surface area (Å²) >= 11 is 1.43. The van der Waals surface area contributed by atoms with Gasteiger partial charge in [0.1, 0.15) is 6.04 Å². The zero-order chi connectivity index (χ0) is 13.8. The van der Waals surface area contributed by atoms with Crippen LogP contribution in [0.4, 0.5) is 0 Å². The van der Waals surface area contributed by atoms with Crippen molar-refractivity contribution in [3.05, 3.63) is 21.9 Å². The average Bonchev–Trinajstić information content (AvgIpc) is 2.82. The summed E-state index contributed by atoms with van der Waals surface area (Å²) in [5.74, 6) is -1.48. The number of carbonyl (C=O) groups excluding carboxylic acids is 1. The van der Waals surface area contributed by atoms with E-state index in [-0.39, 0.29) is 11.8 Å². The Labute approximate surface area is 115 Å². The van der Waals surface area contributed by atoms with Crippen molar-refractivity contribution < 1.29 is 19.4 Å². The number of carboxylic acid groups (broad SMARTS) is 1. The number of amides is 1. The van der Waals surface area contributed by atoms with Gasteiger partial charge in [-0.15, -0.1) is 0 Å². The second kappa shape index (κ2) is 6.16. The third kappa shape index (κ3) is 3.33. The molecule has 104 valence electrons. The number of aliphatic carboxylic acids is 1. The average molecular weight is 283 g/mol. The number of nitrogens with one attached hydrogen (secondary N) is 1. The van der Waals surface area contributed by atoms with Crippen LogP contribution in [0.1, 0.15) is 28.8 Å². The molecule has 2 unspecified atom stereocenters. The fourth-order valence-corrected chi connectivity index (χ4v) is 3.05. The van der Waals surface area contributed by atoms with E-state index in [2.05, 4.69) is 5.32 Å². The lowest BCUT2D eigenvalue weighted by atomic mass is 9.93. The summed E-state index contributed by atoms with van der Waals surface area (Å²) in [6, 6.07) is -0.882. The molecule has 0 aliphatic carbocycles.